The number of amides is 2. The third-order valence-corrected chi connectivity index (χ3v) is 13.3. The number of nitrogens with zero attached hydrogens (tertiary/aromatic N) is 9. The Bertz CT molecular complexity index is 2680. The summed E-state index contributed by atoms with van der Waals surface area (Å²) in [6.07, 6.45) is 4.59. The molecule has 0 bridgehead atoms. The highest BCUT2D eigenvalue weighted by Crippen LogP contribution is 2.41. The Morgan fingerprint density at radius 3 is 2.52 bits per heavy atom. The number of piperazine rings is 1. The van der Waals surface area contributed by atoms with Gasteiger partial charge in [0.2, 0.25) is 5.91 Å². The molecule has 0 saturated carbocycles. The second-order valence-electron chi connectivity index (χ2n) is 18.3. The number of ether oxygens (including phenoxy) is 1. The van der Waals surface area contributed by atoms with E-state index < -0.39 is 18.5 Å². The smallest absolute Gasteiger partial charge is 0.433 e. The van der Waals surface area contributed by atoms with Gasteiger partial charge in [0.1, 0.15) is 17.2 Å². The molecule has 0 unspecified atom stereocenters. The van der Waals surface area contributed by atoms with Gasteiger partial charge in [-0.05, 0) is 92.1 Å². The van der Waals surface area contributed by atoms with Crippen LogP contribution in [0.25, 0.3) is 11.3 Å². The standard InChI is InChI=1S/C48H54F3N11O4/c1-6-42(64)56-36-22-31(7-8-38(36)60-18-17-59(27-29(60)2)32-11-15-58(16-12-32)33-9-13-52-41(23-33)48(49,50)51)55-43-45(66-5)54-26-37(57-43)34-10-14-53-44(35(34)28-63)62-20-19-61-39(46(62)65)21-30-24-47(3,4)25-40(30)61/h6-10,13-14,21-23,26,29,32,63H,1,11-12,15-20,24-25,27-28H2,2-5H3,(H,55,57)(H,56,64)/t29-/m0/s1. The number of aromatic nitrogens is 5. The van der Waals surface area contributed by atoms with Crippen molar-refractivity contribution in [3.05, 3.63) is 102 Å². The van der Waals surface area contributed by atoms with E-state index >= 15 is 0 Å². The maximum atomic E-state index is 14.0. The van der Waals surface area contributed by atoms with E-state index in [0.717, 1.165) is 50.5 Å². The van der Waals surface area contributed by atoms with Crippen LogP contribution >= 0.6 is 0 Å². The molecule has 15 nitrogen and oxygen atoms in total. The summed E-state index contributed by atoms with van der Waals surface area (Å²) in [4.78, 5) is 52.8. The van der Waals surface area contributed by atoms with Crippen LogP contribution in [0.1, 0.15) is 66.6 Å². The van der Waals surface area contributed by atoms with Crippen LogP contribution < -0.4 is 30.1 Å². The summed E-state index contributed by atoms with van der Waals surface area (Å²) in [6.45, 7) is 14.4. The number of hydrogen-bond acceptors (Lipinski definition) is 12. The first-order valence-electron chi connectivity index (χ1n) is 22.3. The first kappa shape index (κ1) is 44.7. The minimum Gasteiger partial charge on any atom is -0.478 e. The van der Waals surface area contributed by atoms with E-state index in [9.17, 15) is 27.9 Å². The van der Waals surface area contributed by atoms with Crippen LogP contribution in [0.5, 0.6) is 5.88 Å². The number of alkyl halides is 3. The monoisotopic (exact) mass is 905 g/mol. The topological polar surface area (TPSA) is 157 Å². The molecule has 7 heterocycles. The maximum absolute atomic E-state index is 14.0. The van der Waals surface area contributed by atoms with Crippen LogP contribution in [0.2, 0.25) is 0 Å². The first-order chi connectivity index (χ1) is 31.6. The molecule has 2 amide bonds. The van der Waals surface area contributed by atoms with Gasteiger partial charge in [0.25, 0.3) is 11.8 Å². The van der Waals surface area contributed by atoms with Crippen molar-refractivity contribution >= 4 is 46.2 Å². The highest BCUT2D eigenvalue weighted by Gasteiger charge is 2.38. The van der Waals surface area contributed by atoms with E-state index in [2.05, 4.69) is 67.3 Å². The van der Waals surface area contributed by atoms with E-state index in [4.69, 9.17) is 9.72 Å². The first-order valence-corrected chi connectivity index (χ1v) is 22.3. The lowest BCUT2D eigenvalue weighted by molar-refractivity contribution is -0.141. The molecule has 4 aromatic heterocycles. The zero-order valence-electron chi connectivity index (χ0n) is 37.5. The predicted molar refractivity (Wildman–Crippen MR) is 246 cm³/mol. The van der Waals surface area contributed by atoms with Crippen molar-refractivity contribution in [2.45, 2.75) is 77.9 Å². The minimum absolute atomic E-state index is 0.0667. The fourth-order valence-electron chi connectivity index (χ4n) is 10.2. The molecule has 66 heavy (non-hydrogen) atoms. The van der Waals surface area contributed by atoms with Gasteiger partial charge >= 0.3 is 6.18 Å². The molecule has 2 saturated heterocycles. The lowest BCUT2D eigenvalue weighted by atomic mass is 9.90. The van der Waals surface area contributed by atoms with Gasteiger partial charge in [0.05, 0.1) is 37.0 Å². The highest BCUT2D eigenvalue weighted by molar-refractivity contribution is 6.06. The van der Waals surface area contributed by atoms with Crippen molar-refractivity contribution in [3.8, 4) is 17.1 Å². The summed E-state index contributed by atoms with van der Waals surface area (Å²) in [5.41, 5.74) is 6.28. The average molecular weight is 906 g/mol. The number of piperidine rings is 1. The number of carbonyl (C=O) groups is 2. The number of rotatable bonds is 11. The fourth-order valence-corrected chi connectivity index (χ4v) is 10.2. The minimum atomic E-state index is -4.49. The highest BCUT2D eigenvalue weighted by atomic mass is 19.4. The molecule has 5 aromatic rings. The zero-order chi connectivity index (χ0) is 46.5. The lowest BCUT2D eigenvalue weighted by Gasteiger charge is -2.47. The molecule has 0 spiro atoms. The van der Waals surface area contributed by atoms with E-state index in [0.29, 0.717) is 78.1 Å². The Labute approximate surface area is 381 Å². The normalized spacial score (nSPS) is 18.8. The van der Waals surface area contributed by atoms with Crippen LogP contribution in [0.3, 0.4) is 0 Å². The fraction of sp³-hybridized carbons (Fsp3) is 0.417. The van der Waals surface area contributed by atoms with Crippen LogP contribution in [0, 0.1) is 5.41 Å². The molecule has 1 atom stereocenters. The van der Waals surface area contributed by atoms with Gasteiger partial charge in [-0.15, -0.1) is 0 Å². The molecular weight excluding hydrogens is 852 g/mol. The quantitative estimate of drug-likeness (QED) is 0.116. The molecule has 3 N–H and O–H groups in total. The molecule has 1 aliphatic carbocycles. The van der Waals surface area contributed by atoms with Gasteiger partial charge in [-0.2, -0.15) is 13.2 Å². The summed E-state index contributed by atoms with van der Waals surface area (Å²) in [5.74, 6) is 0.327. The molecule has 18 heteroatoms. The van der Waals surface area contributed by atoms with E-state index in [1.807, 2.05) is 29.2 Å². The van der Waals surface area contributed by atoms with E-state index in [-0.39, 0.29) is 41.0 Å². The predicted octanol–water partition coefficient (Wildman–Crippen LogP) is 7.09. The molecule has 0 radical (unpaired) electrons. The number of methoxy groups -OCH3 is 1. The second kappa shape index (κ2) is 17.7. The van der Waals surface area contributed by atoms with Gasteiger partial charge in [-0.25, -0.2) is 15.0 Å². The lowest BCUT2D eigenvalue weighted by Crippen LogP contribution is -2.57. The summed E-state index contributed by atoms with van der Waals surface area (Å²) < 4.78 is 47.8. The number of halogens is 3. The number of anilines is 6. The summed E-state index contributed by atoms with van der Waals surface area (Å²) in [7, 11) is 1.49. The third-order valence-electron chi connectivity index (χ3n) is 13.3. The van der Waals surface area contributed by atoms with Crippen molar-refractivity contribution in [1.29, 1.82) is 0 Å². The van der Waals surface area contributed by atoms with Gasteiger partial charge < -0.3 is 34.8 Å². The van der Waals surface area contributed by atoms with Crippen LogP contribution in [-0.2, 0) is 37.0 Å². The Morgan fingerprint density at radius 2 is 1.79 bits per heavy atom. The van der Waals surface area contributed by atoms with E-state index in [1.165, 1.54) is 30.6 Å². The van der Waals surface area contributed by atoms with Crippen molar-refractivity contribution in [1.82, 2.24) is 29.4 Å². The molecule has 4 aliphatic rings. The zero-order valence-corrected chi connectivity index (χ0v) is 37.5. The molecule has 346 valence electrons. The van der Waals surface area contributed by atoms with Gasteiger partial charge in [0.15, 0.2) is 5.82 Å². The van der Waals surface area contributed by atoms with Crippen molar-refractivity contribution < 1.29 is 32.6 Å². The van der Waals surface area contributed by atoms with Crippen molar-refractivity contribution in [2.75, 3.05) is 71.7 Å². The average Bonchev–Trinajstić information content (AvgIpc) is 3.80. The molecule has 2 fully saturated rings. The third kappa shape index (κ3) is 8.66. The Balaban J connectivity index is 0.915. The number of aliphatic hydroxyl groups is 1. The van der Waals surface area contributed by atoms with Gasteiger partial charge in [-0.3, -0.25) is 24.4 Å². The van der Waals surface area contributed by atoms with Gasteiger partial charge in [-0.1, -0.05) is 20.4 Å². The molecule has 9 rings (SSSR count). The number of aliphatic hydroxyl groups excluding tert-OH is 1. The number of pyridine rings is 2. The number of hydrogen-bond donors (Lipinski definition) is 3. The van der Waals surface area contributed by atoms with Gasteiger partial charge in [0, 0.05) is 98.5 Å². The summed E-state index contributed by atoms with van der Waals surface area (Å²) in [6, 6.07) is 12.5. The molecular formula is C48H54F3N11O4. The Morgan fingerprint density at radius 1 is 1.00 bits per heavy atom. The van der Waals surface area contributed by atoms with E-state index in [1.54, 1.807) is 29.4 Å². The number of nitrogens with one attached hydrogen (secondary N) is 2. The largest absolute Gasteiger partial charge is 0.478 e. The number of carbonyl (C=O) groups excluding carboxylic acids is 2. The van der Waals surface area contributed by atoms with Crippen LogP contribution in [-0.4, -0.2) is 105 Å². The van der Waals surface area contributed by atoms with Crippen molar-refractivity contribution in [3.63, 3.8) is 0 Å². The maximum Gasteiger partial charge on any atom is 0.433 e. The second-order valence-corrected chi connectivity index (χ2v) is 18.3. The van der Waals surface area contributed by atoms with Crippen LogP contribution in [0.15, 0.2) is 73.7 Å². The summed E-state index contributed by atoms with van der Waals surface area (Å²) >= 11 is 0. The SMILES string of the molecule is C=CC(=O)Nc1cc(Nc2nc(-c3ccnc(N4CCn5c(cc6c5CC(C)(C)C6)C4=O)c3CO)cnc2OC)ccc1N1CCN(C2CCN(c3ccnc(C(F)(F)F)c3)CC2)C[C@@H]1C. The number of fused-ring (bicyclic) bond motifs is 3. The number of benzene rings is 1. The Hall–Kier alpha value is -6.53. The molecule has 3 aliphatic heterocycles. The Kier molecular flexibility index (Phi) is 12.0. The van der Waals surface area contributed by atoms with Crippen molar-refractivity contribution in [2.24, 2.45) is 5.41 Å². The summed E-state index contributed by atoms with van der Waals surface area (Å²) in [5, 5.41) is 17.1. The van der Waals surface area contributed by atoms with Crippen LogP contribution in [0.4, 0.5) is 47.6 Å². The molecule has 1 aromatic carbocycles.